The van der Waals surface area contributed by atoms with E-state index in [0.29, 0.717) is 12.4 Å². The number of Topliss-reactive ketones (excluding diaryl/α,β-unsaturated/α-hetero) is 1. The molecular weight excluding hydrogens is 168 g/mol. The highest BCUT2D eigenvalue weighted by molar-refractivity contribution is 5.97. The number of ether oxygens (including phenoxy) is 1. The normalized spacial score (nSPS) is 22.1. The van der Waals surface area contributed by atoms with Crippen LogP contribution in [0.15, 0.2) is 16.5 Å². The van der Waals surface area contributed by atoms with Crippen LogP contribution in [0.3, 0.4) is 0 Å². The number of ketones is 1. The lowest BCUT2D eigenvalue weighted by Crippen LogP contribution is -2.18. The van der Waals surface area contributed by atoms with Crippen molar-refractivity contribution in [3.63, 3.8) is 0 Å². The van der Waals surface area contributed by atoms with Crippen LogP contribution in [0.2, 0.25) is 0 Å². The maximum absolute atomic E-state index is 11.6. The molecule has 0 aromatic carbocycles. The van der Waals surface area contributed by atoms with Crippen LogP contribution in [0.4, 0.5) is 0 Å². The number of hydrogen-bond donors (Lipinski definition) is 0. The summed E-state index contributed by atoms with van der Waals surface area (Å²) in [6, 6.07) is 3.50. The minimum Gasteiger partial charge on any atom is -0.458 e. The fourth-order valence-electron chi connectivity index (χ4n) is 1.51. The van der Waals surface area contributed by atoms with Crippen LogP contribution in [-0.4, -0.2) is 18.5 Å². The van der Waals surface area contributed by atoms with Crippen LogP contribution >= 0.6 is 0 Å². The van der Waals surface area contributed by atoms with E-state index in [2.05, 4.69) is 0 Å². The van der Waals surface area contributed by atoms with Crippen molar-refractivity contribution in [3.8, 4) is 0 Å². The SMILES string of the molecule is Cc1ccc(C(=O)[C@H]2CCCO2)o1. The summed E-state index contributed by atoms with van der Waals surface area (Å²) in [5, 5.41) is 0. The van der Waals surface area contributed by atoms with Crippen molar-refractivity contribution in [1.29, 1.82) is 0 Å². The van der Waals surface area contributed by atoms with Crippen molar-refractivity contribution in [2.45, 2.75) is 25.9 Å². The number of furan rings is 1. The van der Waals surface area contributed by atoms with E-state index in [1.54, 1.807) is 12.1 Å². The smallest absolute Gasteiger partial charge is 0.226 e. The summed E-state index contributed by atoms with van der Waals surface area (Å²) in [5.41, 5.74) is 0. The summed E-state index contributed by atoms with van der Waals surface area (Å²) < 4.78 is 10.5. The Labute approximate surface area is 76.7 Å². The molecule has 13 heavy (non-hydrogen) atoms. The average molecular weight is 180 g/mol. The molecule has 0 radical (unpaired) electrons. The van der Waals surface area contributed by atoms with E-state index in [-0.39, 0.29) is 11.9 Å². The molecule has 70 valence electrons. The Morgan fingerprint density at radius 1 is 1.54 bits per heavy atom. The first-order valence-electron chi connectivity index (χ1n) is 4.49. The van der Waals surface area contributed by atoms with Gasteiger partial charge < -0.3 is 9.15 Å². The van der Waals surface area contributed by atoms with Crippen molar-refractivity contribution in [2.24, 2.45) is 0 Å². The third kappa shape index (κ3) is 1.65. The Morgan fingerprint density at radius 2 is 2.38 bits per heavy atom. The average Bonchev–Trinajstić information content (AvgIpc) is 2.72. The Balaban J connectivity index is 2.12. The number of carbonyl (C=O) groups is 1. The van der Waals surface area contributed by atoms with Crippen molar-refractivity contribution in [2.75, 3.05) is 6.61 Å². The van der Waals surface area contributed by atoms with Crippen molar-refractivity contribution >= 4 is 5.78 Å². The largest absolute Gasteiger partial charge is 0.458 e. The molecule has 2 heterocycles. The molecular formula is C10H12O3. The first-order chi connectivity index (χ1) is 6.27. The van der Waals surface area contributed by atoms with Crippen LogP contribution in [-0.2, 0) is 4.74 Å². The molecule has 1 aliphatic rings. The second kappa shape index (κ2) is 3.34. The summed E-state index contributed by atoms with van der Waals surface area (Å²) in [6.45, 7) is 2.52. The molecule has 1 fully saturated rings. The zero-order valence-corrected chi connectivity index (χ0v) is 7.58. The minimum atomic E-state index is -0.273. The summed E-state index contributed by atoms with van der Waals surface area (Å²) >= 11 is 0. The highest BCUT2D eigenvalue weighted by Crippen LogP contribution is 2.18. The zero-order valence-electron chi connectivity index (χ0n) is 7.58. The first-order valence-corrected chi connectivity index (χ1v) is 4.49. The zero-order chi connectivity index (χ0) is 9.26. The van der Waals surface area contributed by atoms with Gasteiger partial charge in [0.05, 0.1) is 0 Å². The van der Waals surface area contributed by atoms with Crippen molar-refractivity contribution in [3.05, 3.63) is 23.7 Å². The van der Waals surface area contributed by atoms with Crippen LogP contribution in [0.25, 0.3) is 0 Å². The van der Waals surface area contributed by atoms with Crippen molar-refractivity contribution in [1.82, 2.24) is 0 Å². The second-order valence-corrected chi connectivity index (χ2v) is 3.28. The molecule has 2 rings (SSSR count). The molecule has 0 N–H and O–H groups in total. The fourth-order valence-corrected chi connectivity index (χ4v) is 1.51. The van der Waals surface area contributed by atoms with Crippen molar-refractivity contribution < 1.29 is 13.9 Å². The molecule has 1 aliphatic heterocycles. The standard InChI is InChI=1S/C10H12O3/c1-7-4-5-9(13-7)10(11)8-3-2-6-12-8/h4-5,8H,2-3,6H2,1H3/t8-/m1/s1. The number of aryl methyl sites for hydroxylation is 1. The van der Waals surface area contributed by atoms with Gasteiger partial charge in [-0.25, -0.2) is 0 Å². The molecule has 0 spiro atoms. The van der Waals surface area contributed by atoms with Gasteiger partial charge in [-0.15, -0.1) is 0 Å². The molecule has 0 aliphatic carbocycles. The molecule has 1 saturated heterocycles. The highest BCUT2D eigenvalue weighted by Gasteiger charge is 2.26. The van der Waals surface area contributed by atoms with E-state index >= 15 is 0 Å². The summed E-state index contributed by atoms with van der Waals surface area (Å²) in [6.07, 6.45) is 1.51. The topological polar surface area (TPSA) is 39.4 Å². The minimum absolute atomic E-state index is 0.0226. The fraction of sp³-hybridized carbons (Fsp3) is 0.500. The molecule has 0 amide bonds. The highest BCUT2D eigenvalue weighted by atomic mass is 16.5. The number of carbonyl (C=O) groups excluding carboxylic acids is 1. The summed E-state index contributed by atoms with van der Waals surface area (Å²) in [4.78, 5) is 11.6. The Morgan fingerprint density at radius 3 is 2.92 bits per heavy atom. The van der Waals surface area contributed by atoms with E-state index in [1.807, 2.05) is 6.92 Å². The van der Waals surface area contributed by atoms with Gasteiger partial charge in [0.2, 0.25) is 5.78 Å². The van der Waals surface area contributed by atoms with E-state index in [0.717, 1.165) is 18.6 Å². The number of hydrogen-bond acceptors (Lipinski definition) is 3. The van der Waals surface area contributed by atoms with Crippen LogP contribution < -0.4 is 0 Å². The van der Waals surface area contributed by atoms with E-state index in [9.17, 15) is 4.79 Å². The third-order valence-electron chi connectivity index (χ3n) is 2.21. The molecule has 1 aromatic heterocycles. The van der Waals surface area contributed by atoms with Gasteiger partial charge in [-0.1, -0.05) is 0 Å². The van der Waals surface area contributed by atoms with Gasteiger partial charge in [0.15, 0.2) is 5.76 Å². The van der Waals surface area contributed by atoms with Gasteiger partial charge in [0.1, 0.15) is 11.9 Å². The van der Waals surface area contributed by atoms with Crippen LogP contribution in [0.1, 0.15) is 29.2 Å². The molecule has 0 saturated carbocycles. The third-order valence-corrected chi connectivity index (χ3v) is 2.21. The predicted octanol–water partition coefficient (Wildman–Crippen LogP) is 1.95. The lowest BCUT2D eigenvalue weighted by Gasteiger charge is -2.04. The molecule has 0 unspecified atom stereocenters. The Hall–Kier alpha value is -1.09. The summed E-state index contributed by atoms with van der Waals surface area (Å²) in [7, 11) is 0. The van der Waals surface area contributed by atoms with E-state index < -0.39 is 0 Å². The molecule has 3 nitrogen and oxygen atoms in total. The molecule has 3 heteroatoms. The number of rotatable bonds is 2. The van der Waals surface area contributed by atoms with Crippen LogP contribution in [0, 0.1) is 6.92 Å². The van der Waals surface area contributed by atoms with Gasteiger partial charge in [-0.3, -0.25) is 4.79 Å². The maximum Gasteiger partial charge on any atom is 0.226 e. The van der Waals surface area contributed by atoms with Gasteiger partial charge in [-0.05, 0) is 31.9 Å². The second-order valence-electron chi connectivity index (χ2n) is 3.28. The predicted molar refractivity (Wildman–Crippen MR) is 46.7 cm³/mol. The Bertz CT molecular complexity index is 308. The first kappa shape index (κ1) is 8.51. The van der Waals surface area contributed by atoms with Gasteiger partial charge >= 0.3 is 0 Å². The Kier molecular flexibility index (Phi) is 2.19. The lowest BCUT2D eigenvalue weighted by atomic mass is 10.1. The van der Waals surface area contributed by atoms with Gasteiger partial charge in [0.25, 0.3) is 0 Å². The molecule has 1 atom stereocenters. The van der Waals surface area contributed by atoms with Gasteiger partial charge in [-0.2, -0.15) is 0 Å². The molecule has 0 bridgehead atoms. The summed E-state index contributed by atoms with van der Waals surface area (Å²) in [5.74, 6) is 1.16. The molecule has 1 aromatic rings. The van der Waals surface area contributed by atoms with E-state index in [4.69, 9.17) is 9.15 Å². The quantitative estimate of drug-likeness (QED) is 0.653. The van der Waals surface area contributed by atoms with Gasteiger partial charge in [0, 0.05) is 6.61 Å². The monoisotopic (exact) mass is 180 g/mol. The van der Waals surface area contributed by atoms with Crippen LogP contribution in [0.5, 0.6) is 0 Å². The lowest BCUT2D eigenvalue weighted by molar-refractivity contribution is 0.0614. The maximum atomic E-state index is 11.6. The van der Waals surface area contributed by atoms with E-state index in [1.165, 1.54) is 0 Å².